The molecule has 1 aliphatic heterocycles. The summed E-state index contributed by atoms with van der Waals surface area (Å²) in [5, 5.41) is 19.2. The molecule has 9 heteroatoms. The molecule has 2 fully saturated rings. The third-order valence-electron chi connectivity index (χ3n) is 4.77. The molecule has 0 aromatic carbocycles. The number of nitrogens with one attached hydrogen (secondary N) is 2. The summed E-state index contributed by atoms with van der Waals surface area (Å²) in [5.74, 6) is -0.0771. The Hall–Kier alpha value is -1.79. The standard InChI is InChI=1S/C16H23N5O3S/c17-11-16(6-2-1-3-7-16)18-13(22)10-25-15-20-19-14(23)21(15)9-12-5-4-8-24-12/h12H,1-10H2,(H,18,22)(H,19,23)/t12-/m0/s1. The SMILES string of the molecule is N#CC1(NC(=O)CSc2n[nH]c(=O)n2C[C@@H]2CCCO2)CCCCC1. The lowest BCUT2D eigenvalue weighted by molar-refractivity contribution is -0.120. The zero-order valence-corrected chi connectivity index (χ0v) is 14.9. The van der Waals surface area contributed by atoms with Gasteiger partial charge in [0.05, 0.1) is 24.5 Å². The molecular formula is C16H23N5O3S. The molecular weight excluding hydrogens is 342 g/mol. The maximum Gasteiger partial charge on any atom is 0.344 e. The van der Waals surface area contributed by atoms with E-state index in [2.05, 4.69) is 21.6 Å². The summed E-state index contributed by atoms with van der Waals surface area (Å²) < 4.78 is 7.09. The summed E-state index contributed by atoms with van der Waals surface area (Å²) in [6.45, 7) is 1.17. The Morgan fingerprint density at radius 3 is 2.92 bits per heavy atom. The van der Waals surface area contributed by atoms with Crippen LogP contribution in [0.25, 0.3) is 0 Å². The number of hydrogen-bond donors (Lipinski definition) is 2. The lowest BCUT2D eigenvalue weighted by Crippen LogP contribution is -2.49. The van der Waals surface area contributed by atoms with Gasteiger partial charge in [0.1, 0.15) is 5.54 Å². The third kappa shape index (κ3) is 4.44. The molecule has 1 amide bonds. The van der Waals surface area contributed by atoms with Crippen molar-refractivity contribution in [2.75, 3.05) is 12.4 Å². The van der Waals surface area contributed by atoms with Crippen LogP contribution in [0.3, 0.4) is 0 Å². The van der Waals surface area contributed by atoms with Crippen molar-refractivity contribution in [3.63, 3.8) is 0 Å². The number of carbonyl (C=O) groups excluding carboxylic acids is 1. The molecule has 1 aromatic heterocycles. The van der Waals surface area contributed by atoms with Crippen molar-refractivity contribution in [2.24, 2.45) is 0 Å². The third-order valence-corrected chi connectivity index (χ3v) is 5.74. The summed E-state index contributed by atoms with van der Waals surface area (Å²) in [7, 11) is 0. The molecule has 0 bridgehead atoms. The van der Waals surface area contributed by atoms with Crippen LogP contribution < -0.4 is 11.0 Å². The second-order valence-electron chi connectivity index (χ2n) is 6.65. The van der Waals surface area contributed by atoms with Gasteiger partial charge >= 0.3 is 5.69 Å². The molecule has 0 radical (unpaired) electrons. The Labute approximate surface area is 150 Å². The normalized spacial score (nSPS) is 22.4. The van der Waals surface area contributed by atoms with Crippen LogP contribution in [0.2, 0.25) is 0 Å². The van der Waals surface area contributed by atoms with Crippen LogP contribution in [0.1, 0.15) is 44.9 Å². The number of nitriles is 1. The Morgan fingerprint density at radius 1 is 1.44 bits per heavy atom. The Balaban J connectivity index is 1.57. The van der Waals surface area contributed by atoms with Crippen molar-refractivity contribution in [2.45, 2.75) is 68.3 Å². The molecule has 1 saturated heterocycles. The van der Waals surface area contributed by atoms with Gasteiger partial charge in [0, 0.05) is 6.61 Å². The highest BCUT2D eigenvalue weighted by atomic mass is 32.2. The maximum absolute atomic E-state index is 12.3. The highest BCUT2D eigenvalue weighted by Crippen LogP contribution is 2.28. The molecule has 25 heavy (non-hydrogen) atoms. The average molecular weight is 365 g/mol. The van der Waals surface area contributed by atoms with Crippen LogP contribution in [-0.4, -0.2) is 44.7 Å². The van der Waals surface area contributed by atoms with E-state index in [1.54, 1.807) is 0 Å². The molecule has 8 nitrogen and oxygen atoms in total. The molecule has 136 valence electrons. The van der Waals surface area contributed by atoms with E-state index in [0.717, 1.165) is 38.7 Å². The first kappa shape index (κ1) is 18.0. The number of H-pyrrole nitrogens is 1. The number of nitrogens with zero attached hydrogens (tertiary/aromatic N) is 3. The summed E-state index contributed by atoms with van der Waals surface area (Å²) in [6.07, 6.45) is 6.37. The van der Waals surface area contributed by atoms with Gasteiger partial charge in [-0.25, -0.2) is 9.89 Å². The molecule has 0 spiro atoms. The minimum atomic E-state index is -0.737. The van der Waals surface area contributed by atoms with E-state index in [1.165, 1.54) is 16.3 Å². The van der Waals surface area contributed by atoms with E-state index in [4.69, 9.17) is 4.74 Å². The van der Waals surface area contributed by atoms with Gasteiger partial charge in [0.2, 0.25) is 5.91 Å². The monoisotopic (exact) mass is 365 g/mol. The minimum Gasteiger partial charge on any atom is -0.376 e. The Bertz CT molecular complexity index is 695. The number of thioether (sulfide) groups is 1. The first-order valence-electron chi connectivity index (χ1n) is 8.74. The quantitative estimate of drug-likeness (QED) is 0.732. The van der Waals surface area contributed by atoms with Crippen LogP contribution in [0.5, 0.6) is 0 Å². The smallest absolute Gasteiger partial charge is 0.344 e. The van der Waals surface area contributed by atoms with Gasteiger partial charge in [0.25, 0.3) is 0 Å². The Kier molecular flexibility index (Phi) is 5.81. The number of amides is 1. The molecule has 1 atom stereocenters. The van der Waals surface area contributed by atoms with E-state index in [-0.39, 0.29) is 23.5 Å². The van der Waals surface area contributed by atoms with E-state index < -0.39 is 5.54 Å². The average Bonchev–Trinajstić information content (AvgIpc) is 3.25. The summed E-state index contributed by atoms with van der Waals surface area (Å²) in [4.78, 5) is 24.2. The van der Waals surface area contributed by atoms with Crippen LogP contribution in [0, 0.1) is 11.3 Å². The molecule has 3 rings (SSSR count). The van der Waals surface area contributed by atoms with Crippen molar-refractivity contribution in [3.05, 3.63) is 10.5 Å². The van der Waals surface area contributed by atoms with Crippen molar-refractivity contribution in [1.82, 2.24) is 20.1 Å². The highest BCUT2D eigenvalue weighted by Gasteiger charge is 2.33. The number of ether oxygens (including phenoxy) is 1. The Morgan fingerprint density at radius 2 is 2.24 bits per heavy atom. The maximum atomic E-state index is 12.3. The van der Waals surface area contributed by atoms with E-state index >= 15 is 0 Å². The van der Waals surface area contributed by atoms with Crippen molar-refractivity contribution >= 4 is 17.7 Å². The summed E-state index contributed by atoms with van der Waals surface area (Å²) >= 11 is 1.20. The fraction of sp³-hybridized carbons (Fsp3) is 0.750. The largest absolute Gasteiger partial charge is 0.376 e. The van der Waals surface area contributed by atoms with E-state index in [0.29, 0.717) is 24.5 Å². The molecule has 2 heterocycles. The van der Waals surface area contributed by atoms with Crippen molar-refractivity contribution in [1.29, 1.82) is 5.26 Å². The number of aromatic amines is 1. The van der Waals surface area contributed by atoms with Gasteiger partial charge < -0.3 is 10.1 Å². The van der Waals surface area contributed by atoms with Gasteiger partial charge in [0.15, 0.2) is 5.16 Å². The summed E-state index contributed by atoms with van der Waals surface area (Å²) in [5.41, 5.74) is -1.03. The predicted molar refractivity (Wildman–Crippen MR) is 92.1 cm³/mol. The zero-order chi connectivity index (χ0) is 17.7. The molecule has 1 saturated carbocycles. The number of hydrogen-bond acceptors (Lipinski definition) is 6. The fourth-order valence-electron chi connectivity index (χ4n) is 3.42. The van der Waals surface area contributed by atoms with Crippen molar-refractivity contribution in [3.8, 4) is 6.07 Å². The van der Waals surface area contributed by atoms with E-state index in [9.17, 15) is 14.9 Å². The lowest BCUT2D eigenvalue weighted by atomic mass is 9.83. The molecule has 1 aliphatic carbocycles. The van der Waals surface area contributed by atoms with Gasteiger partial charge in [-0.15, -0.1) is 5.10 Å². The van der Waals surface area contributed by atoms with Crippen molar-refractivity contribution < 1.29 is 9.53 Å². The first-order chi connectivity index (χ1) is 12.1. The number of carbonyl (C=O) groups is 1. The van der Waals surface area contributed by atoms with E-state index in [1.807, 2.05) is 0 Å². The highest BCUT2D eigenvalue weighted by molar-refractivity contribution is 7.99. The fourth-order valence-corrected chi connectivity index (χ4v) is 4.18. The van der Waals surface area contributed by atoms with Crippen LogP contribution >= 0.6 is 11.8 Å². The van der Waals surface area contributed by atoms with Gasteiger partial charge in [-0.2, -0.15) is 5.26 Å². The second-order valence-corrected chi connectivity index (χ2v) is 7.59. The van der Waals surface area contributed by atoms with Gasteiger partial charge in [-0.05, 0) is 25.7 Å². The molecule has 2 aliphatic rings. The number of rotatable bonds is 6. The zero-order valence-electron chi connectivity index (χ0n) is 14.1. The van der Waals surface area contributed by atoms with Crippen LogP contribution in [-0.2, 0) is 16.1 Å². The van der Waals surface area contributed by atoms with Crippen LogP contribution in [0.4, 0.5) is 0 Å². The first-order valence-corrected chi connectivity index (χ1v) is 9.72. The second kappa shape index (κ2) is 8.06. The molecule has 0 unspecified atom stereocenters. The van der Waals surface area contributed by atoms with Crippen LogP contribution in [0.15, 0.2) is 9.95 Å². The predicted octanol–water partition coefficient (Wildman–Crippen LogP) is 1.19. The van der Waals surface area contributed by atoms with Gasteiger partial charge in [-0.1, -0.05) is 31.0 Å². The molecule has 2 N–H and O–H groups in total. The lowest BCUT2D eigenvalue weighted by Gasteiger charge is -2.31. The minimum absolute atomic E-state index is 0.0209. The molecule has 1 aromatic rings. The number of aromatic nitrogens is 3. The van der Waals surface area contributed by atoms with Gasteiger partial charge in [-0.3, -0.25) is 9.36 Å². The summed E-state index contributed by atoms with van der Waals surface area (Å²) in [6, 6.07) is 2.28. The topological polar surface area (TPSA) is 113 Å².